The van der Waals surface area contributed by atoms with Gasteiger partial charge in [-0.2, -0.15) is 0 Å². The lowest BCUT2D eigenvalue weighted by atomic mass is 10.1. The molecule has 0 aliphatic heterocycles. The predicted octanol–water partition coefficient (Wildman–Crippen LogP) is 3.09. The monoisotopic (exact) mass is 363 g/mol. The minimum absolute atomic E-state index is 0.0990. The van der Waals surface area contributed by atoms with Gasteiger partial charge < -0.3 is 19.9 Å². The fourth-order valence-electron chi connectivity index (χ4n) is 2.27. The molecule has 0 saturated carbocycles. The number of nitrogens with one attached hydrogen (secondary N) is 1. The second-order valence-electron chi connectivity index (χ2n) is 5.27. The molecule has 0 radical (unpaired) electrons. The molecule has 0 aliphatic carbocycles. The summed E-state index contributed by atoms with van der Waals surface area (Å²) in [4.78, 5) is 23.9. The van der Waals surface area contributed by atoms with Crippen LogP contribution in [0, 0.1) is 0 Å². The molecule has 7 heteroatoms. The van der Waals surface area contributed by atoms with E-state index in [0.717, 1.165) is 5.56 Å². The number of carbonyl (C=O) groups is 2. The highest BCUT2D eigenvalue weighted by atomic mass is 35.5. The van der Waals surface area contributed by atoms with E-state index in [-0.39, 0.29) is 22.4 Å². The molecule has 0 aliphatic rings. The number of methoxy groups -OCH3 is 1. The second kappa shape index (κ2) is 8.39. The number of aromatic hydroxyl groups is 1. The topological polar surface area (TPSA) is 84.9 Å². The van der Waals surface area contributed by atoms with Gasteiger partial charge in [0.1, 0.15) is 17.1 Å². The van der Waals surface area contributed by atoms with Crippen LogP contribution in [0.3, 0.4) is 0 Å². The van der Waals surface area contributed by atoms with E-state index in [1.165, 1.54) is 18.2 Å². The summed E-state index contributed by atoms with van der Waals surface area (Å²) >= 11 is 5.78. The van der Waals surface area contributed by atoms with Crippen LogP contribution < -0.4 is 10.1 Å². The molecule has 1 unspecified atom stereocenters. The van der Waals surface area contributed by atoms with Crippen LogP contribution in [-0.2, 0) is 9.53 Å². The number of phenols is 1. The van der Waals surface area contributed by atoms with E-state index in [4.69, 9.17) is 21.1 Å². The molecule has 132 valence electrons. The zero-order valence-corrected chi connectivity index (χ0v) is 14.5. The van der Waals surface area contributed by atoms with E-state index in [1.54, 1.807) is 20.1 Å². The van der Waals surface area contributed by atoms with Crippen molar-refractivity contribution < 1.29 is 24.2 Å². The Hall–Kier alpha value is -2.73. The Balaban J connectivity index is 1.94. The minimum atomic E-state index is -0.833. The van der Waals surface area contributed by atoms with Crippen molar-refractivity contribution in [2.45, 2.75) is 13.0 Å². The zero-order chi connectivity index (χ0) is 18.4. The first-order valence-corrected chi connectivity index (χ1v) is 7.88. The highest BCUT2D eigenvalue weighted by molar-refractivity contribution is 6.31. The van der Waals surface area contributed by atoms with E-state index in [0.29, 0.717) is 5.75 Å². The average molecular weight is 364 g/mol. The van der Waals surface area contributed by atoms with Gasteiger partial charge in [-0.05, 0) is 31.2 Å². The maximum absolute atomic E-state index is 12.0. The smallest absolute Gasteiger partial charge is 0.342 e. The van der Waals surface area contributed by atoms with Crippen molar-refractivity contribution in [2.24, 2.45) is 0 Å². The number of ether oxygens (including phenoxy) is 2. The number of hydrogen-bond acceptors (Lipinski definition) is 5. The number of esters is 1. The molecule has 2 rings (SSSR count). The van der Waals surface area contributed by atoms with Crippen LogP contribution in [0.2, 0.25) is 5.02 Å². The maximum atomic E-state index is 12.0. The number of phenolic OH excluding ortho intramolecular Hbond substituents is 1. The van der Waals surface area contributed by atoms with Crippen LogP contribution in [0.15, 0.2) is 42.5 Å². The van der Waals surface area contributed by atoms with E-state index >= 15 is 0 Å². The van der Waals surface area contributed by atoms with Crippen LogP contribution in [0.25, 0.3) is 0 Å². The molecule has 0 heterocycles. The molecule has 2 aromatic rings. The first kappa shape index (κ1) is 18.6. The summed E-state index contributed by atoms with van der Waals surface area (Å²) in [7, 11) is 1.55. The molecule has 0 fully saturated rings. The maximum Gasteiger partial charge on any atom is 0.342 e. The largest absolute Gasteiger partial charge is 0.507 e. The van der Waals surface area contributed by atoms with Gasteiger partial charge in [-0.25, -0.2) is 4.79 Å². The third-order valence-electron chi connectivity index (χ3n) is 3.50. The lowest BCUT2D eigenvalue weighted by Crippen LogP contribution is -2.31. The summed E-state index contributed by atoms with van der Waals surface area (Å²) in [5, 5.41) is 12.6. The Kier molecular flexibility index (Phi) is 6.25. The summed E-state index contributed by atoms with van der Waals surface area (Å²) in [6.07, 6.45) is 0. The Bertz CT molecular complexity index is 778. The molecule has 0 bridgehead atoms. The quantitative estimate of drug-likeness (QED) is 0.770. The van der Waals surface area contributed by atoms with Crippen molar-refractivity contribution in [3.8, 4) is 11.5 Å². The standard InChI is InChI=1S/C18H18ClNO5/c1-11(13-5-3-4-6-16(13)24-2)20-17(22)10-25-18(23)14-9-12(19)7-8-15(14)21/h3-9,11,21H,10H2,1-2H3,(H,20,22). The summed E-state index contributed by atoms with van der Waals surface area (Å²) in [5.41, 5.74) is 0.704. The first-order chi connectivity index (χ1) is 11.9. The molecular weight excluding hydrogens is 346 g/mol. The van der Waals surface area contributed by atoms with Gasteiger partial charge in [0.2, 0.25) is 0 Å². The number of carbonyl (C=O) groups excluding carboxylic acids is 2. The Morgan fingerprint density at radius 1 is 1.24 bits per heavy atom. The molecule has 1 amide bonds. The van der Waals surface area contributed by atoms with Gasteiger partial charge >= 0.3 is 5.97 Å². The van der Waals surface area contributed by atoms with Crippen molar-refractivity contribution >= 4 is 23.5 Å². The van der Waals surface area contributed by atoms with Crippen LogP contribution in [0.5, 0.6) is 11.5 Å². The molecule has 1 atom stereocenters. The van der Waals surface area contributed by atoms with Crippen LogP contribution in [0.1, 0.15) is 28.9 Å². The number of rotatable bonds is 6. The Morgan fingerprint density at radius 3 is 2.68 bits per heavy atom. The van der Waals surface area contributed by atoms with Crippen LogP contribution in [0.4, 0.5) is 0 Å². The third kappa shape index (κ3) is 4.87. The fraction of sp³-hybridized carbons (Fsp3) is 0.222. The van der Waals surface area contributed by atoms with Crippen molar-refractivity contribution in [1.29, 1.82) is 0 Å². The van der Waals surface area contributed by atoms with Crippen molar-refractivity contribution in [3.05, 3.63) is 58.6 Å². The molecule has 25 heavy (non-hydrogen) atoms. The van der Waals surface area contributed by atoms with E-state index in [1.807, 2.05) is 18.2 Å². The molecule has 0 aromatic heterocycles. The molecule has 6 nitrogen and oxygen atoms in total. The minimum Gasteiger partial charge on any atom is -0.507 e. The lowest BCUT2D eigenvalue weighted by molar-refractivity contribution is -0.124. The normalized spacial score (nSPS) is 11.5. The SMILES string of the molecule is COc1ccccc1C(C)NC(=O)COC(=O)c1cc(Cl)ccc1O. The number of amides is 1. The molecule has 2 N–H and O–H groups in total. The van der Waals surface area contributed by atoms with Crippen molar-refractivity contribution in [2.75, 3.05) is 13.7 Å². The Labute approximate surface area is 150 Å². The summed E-state index contributed by atoms with van der Waals surface area (Å²) in [5.74, 6) is -0.929. The van der Waals surface area contributed by atoms with Crippen LogP contribution >= 0.6 is 11.6 Å². The van der Waals surface area contributed by atoms with Gasteiger partial charge in [0.15, 0.2) is 6.61 Å². The highest BCUT2D eigenvalue weighted by Crippen LogP contribution is 2.24. The zero-order valence-electron chi connectivity index (χ0n) is 13.8. The second-order valence-corrected chi connectivity index (χ2v) is 5.71. The Morgan fingerprint density at radius 2 is 1.96 bits per heavy atom. The predicted molar refractivity (Wildman–Crippen MR) is 93.0 cm³/mol. The molecule has 0 spiro atoms. The van der Waals surface area contributed by atoms with E-state index in [9.17, 15) is 14.7 Å². The third-order valence-corrected chi connectivity index (χ3v) is 3.73. The van der Waals surface area contributed by atoms with Crippen molar-refractivity contribution in [3.63, 3.8) is 0 Å². The summed E-state index contributed by atoms with van der Waals surface area (Å²) in [6.45, 7) is 1.31. The van der Waals surface area contributed by atoms with Gasteiger partial charge in [0.25, 0.3) is 5.91 Å². The highest BCUT2D eigenvalue weighted by Gasteiger charge is 2.17. The fourth-order valence-corrected chi connectivity index (χ4v) is 2.44. The average Bonchev–Trinajstić information content (AvgIpc) is 2.61. The van der Waals surface area contributed by atoms with Crippen molar-refractivity contribution in [1.82, 2.24) is 5.32 Å². The number of halogens is 1. The number of hydrogen-bond donors (Lipinski definition) is 2. The van der Waals surface area contributed by atoms with Gasteiger partial charge in [0.05, 0.1) is 13.2 Å². The van der Waals surface area contributed by atoms with Gasteiger partial charge in [-0.1, -0.05) is 29.8 Å². The van der Waals surface area contributed by atoms with Crippen LogP contribution in [-0.4, -0.2) is 30.7 Å². The number of para-hydroxylation sites is 1. The van der Waals surface area contributed by atoms with E-state index in [2.05, 4.69) is 5.32 Å². The first-order valence-electron chi connectivity index (χ1n) is 7.50. The molecule has 2 aromatic carbocycles. The lowest BCUT2D eigenvalue weighted by Gasteiger charge is -2.17. The summed E-state index contributed by atoms with van der Waals surface area (Å²) < 4.78 is 10.2. The summed E-state index contributed by atoms with van der Waals surface area (Å²) in [6, 6.07) is 11.0. The number of benzene rings is 2. The van der Waals surface area contributed by atoms with Gasteiger partial charge in [-0.15, -0.1) is 0 Å². The van der Waals surface area contributed by atoms with E-state index < -0.39 is 18.5 Å². The molecule has 0 saturated heterocycles. The van der Waals surface area contributed by atoms with Gasteiger partial charge in [-0.3, -0.25) is 4.79 Å². The van der Waals surface area contributed by atoms with Gasteiger partial charge in [0, 0.05) is 10.6 Å². The molecular formula is C18H18ClNO5.